The largest absolute Gasteiger partial charge is 0.366 e. The molecule has 1 aliphatic heterocycles. The van der Waals surface area contributed by atoms with Gasteiger partial charge in [-0.15, -0.1) is 0 Å². The molecule has 2 N–H and O–H groups in total. The Bertz CT molecular complexity index is 981. The van der Waals surface area contributed by atoms with Gasteiger partial charge in [0.05, 0.1) is 10.6 Å². The van der Waals surface area contributed by atoms with E-state index < -0.39 is 14.9 Å². The van der Waals surface area contributed by atoms with Crippen molar-refractivity contribution in [2.75, 3.05) is 11.4 Å². The highest BCUT2D eigenvalue weighted by molar-refractivity contribution is 9.10. The quantitative estimate of drug-likeness (QED) is 0.575. The molecule has 132 valence electrons. The Hall–Kier alpha value is -1.68. The summed E-state index contributed by atoms with van der Waals surface area (Å²) in [6, 6.07) is 7.31. The standard InChI is InChI=1S/C15H13BrClN3O4S/c16-12-2-3-13(17)11-8-19(6-5-10(11)12)14-4-1-9(20(21)22)7-15(14)25(18,23)24/h1-4,7H,5-6,8H2,(H2,18,23,24). The molecule has 0 saturated heterocycles. The van der Waals surface area contributed by atoms with E-state index in [0.29, 0.717) is 30.2 Å². The molecule has 7 nitrogen and oxygen atoms in total. The normalized spacial score (nSPS) is 14.3. The predicted molar refractivity (Wildman–Crippen MR) is 98.4 cm³/mol. The van der Waals surface area contributed by atoms with Crippen LogP contribution in [0.4, 0.5) is 11.4 Å². The summed E-state index contributed by atoms with van der Waals surface area (Å²) in [7, 11) is -4.12. The van der Waals surface area contributed by atoms with E-state index in [0.717, 1.165) is 21.7 Å². The van der Waals surface area contributed by atoms with Gasteiger partial charge in [0.15, 0.2) is 0 Å². The third kappa shape index (κ3) is 3.50. The van der Waals surface area contributed by atoms with Gasteiger partial charge in [-0.3, -0.25) is 10.1 Å². The van der Waals surface area contributed by atoms with Crippen LogP contribution in [0.5, 0.6) is 0 Å². The van der Waals surface area contributed by atoms with E-state index in [2.05, 4.69) is 15.9 Å². The lowest BCUT2D eigenvalue weighted by molar-refractivity contribution is -0.385. The SMILES string of the molecule is NS(=O)(=O)c1cc([N+](=O)[O-])ccc1N1CCc2c(Br)ccc(Cl)c2C1. The van der Waals surface area contributed by atoms with Crippen molar-refractivity contribution in [1.82, 2.24) is 0 Å². The fourth-order valence-electron chi connectivity index (χ4n) is 2.90. The first-order valence-corrected chi connectivity index (χ1v) is 9.92. The van der Waals surface area contributed by atoms with Gasteiger partial charge < -0.3 is 4.90 Å². The van der Waals surface area contributed by atoms with Gasteiger partial charge in [0.1, 0.15) is 4.90 Å². The lowest BCUT2D eigenvalue weighted by Crippen LogP contribution is -2.32. The minimum atomic E-state index is -4.12. The number of fused-ring (bicyclic) bond motifs is 1. The van der Waals surface area contributed by atoms with Crippen molar-refractivity contribution in [3.8, 4) is 0 Å². The van der Waals surface area contributed by atoms with Crippen LogP contribution < -0.4 is 10.0 Å². The van der Waals surface area contributed by atoms with Crippen LogP contribution in [-0.2, 0) is 23.0 Å². The summed E-state index contributed by atoms with van der Waals surface area (Å²) in [4.78, 5) is 11.8. The summed E-state index contributed by atoms with van der Waals surface area (Å²) in [5.41, 5.74) is 1.96. The molecule has 1 aliphatic rings. The number of primary sulfonamides is 1. The zero-order valence-corrected chi connectivity index (χ0v) is 15.9. The minimum Gasteiger partial charge on any atom is -0.366 e. The van der Waals surface area contributed by atoms with Crippen LogP contribution in [0.1, 0.15) is 11.1 Å². The Morgan fingerprint density at radius 1 is 1.24 bits per heavy atom. The average Bonchev–Trinajstić information content (AvgIpc) is 2.56. The molecule has 0 radical (unpaired) electrons. The molecule has 2 aromatic rings. The van der Waals surface area contributed by atoms with Crippen LogP contribution >= 0.6 is 27.5 Å². The topological polar surface area (TPSA) is 107 Å². The van der Waals surface area contributed by atoms with Crippen molar-refractivity contribution < 1.29 is 13.3 Å². The van der Waals surface area contributed by atoms with Gasteiger partial charge in [0, 0.05) is 34.7 Å². The van der Waals surface area contributed by atoms with Crippen molar-refractivity contribution in [2.45, 2.75) is 17.9 Å². The van der Waals surface area contributed by atoms with E-state index in [1.165, 1.54) is 12.1 Å². The highest BCUT2D eigenvalue weighted by Crippen LogP contribution is 2.36. The summed E-state index contributed by atoms with van der Waals surface area (Å²) >= 11 is 9.78. The van der Waals surface area contributed by atoms with Crippen LogP contribution in [0, 0.1) is 10.1 Å². The molecule has 0 spiro atoms. The van der Waals surface area contributed by atoms with Crippen LogP contribution in [-0.4, -0.2) is 19.9 Å². The van der Waals surface area contributed by atoms with E-state index in [1.807, 2.05) is 11.0 Å². The van der Waals surface area contributed by atoms with E-state index in [-0.39, 0.29) is 10.6 Å². The Balaban J connectivity index is 2.09. The Kier molecular flexibility index (Phi) is 4.76. The molecular weight excluding hydrogens is 434 g/mol. The van der Waals surface area contributed by atoms with Gasteiger partial charge in [0.2, 0.25) is 10.0 Å². The number of benzene rings is 2. The molecule has 2 aromatic carbocycles. The molecule has 0 saturated carbocycles. The number of hydrogen-bond donors (Lipinski definition) is 1. The van der Waals surface area contributed by atoms with Crippen LogP contribution in [0.2, 0.25) is 5.02 Å². The molecule has 3 rings (SSSR count). The van der Waals surface area contributed by atoms with E-state index in [9.17, 15) is 18.5 Å². The van der Waals surface area contributed by atoms with Gasteiger partial charge in [-0.2, -0.15) is 0 Å². The van der Waals surface area contributed by atoms with Crippen molar-refractivity contribution in [1.29, 1.82) is 0 Å². The van der Waals surface area contributed by atoms with Crippen LogP contribution in [0.25, 0.3) is 0 Å². The highest BCUT2D eigenvalue weighted by atomic mass is 79.9. The monoisotopic (exact) mass is 445 g/mol. The molecule has 1 heterocycles. The first-order chi connectivity index (χ1) is 11.7. The highest BCUT2D eigenvalue weighted by Gasteiger charge is 2.26. The lowest BCUT2D eigenvalue weighted by Gasteiger charge is -2.32. The van der Waals surface area contributed by atoms with E-state index >= 15 is 0 Å². The Labute approximate surface area is 157 Å². The molecule has 25 heavy (non-hydrogen) atoms. The molecule has 0 bridgehead atoms. The number of sulfonamides is 1. The number of nitro benzene ring substituents is 1. The van der Waals surface area contributed by atoms with E-state index in [1.54, 1.807) is 6.07 Å². The molecule has 0 atom stereocenters. The maximum Gasteiger partial charge on any atom is 0.270 e. The van der Waals surface area contributed by atoms with Crippen molar-refractivity contribution >= 4 is 48.9 Å². The predicted octanol–water partition coefficient (Wildman–Crippen LogP) is 3.22. The first-order valence-electron chi connectivity index (χ1n) is 7.20. The number of nitrogens with zero attached hydrogens (tertiary/aromatic N) is 2. The average molecular weight is 447 g/mol. The number of nitrogens with two attached hydrogens (primary N) is 1. The number of non-ortho nitro benzene ring substituents is 1. The zero-order chi connectivity index (χ0) is 18.4. The summed E-state index contributed by atoms with van der Waals surface area (Å²) in [5, 5.41) is 16.8. The molecule has 10 heteroatoms. The zero-order valence-electron chi connectivity index (χ0n) is 12.8. The Morgan fingerprint density at radius 3 is 2.60 bits per heavy atom. The first kappa shape index (κ1) is 18.1. The van der Waals surface area contributed by atoms with Gasteiger partial charge in [-0.1, -0.05) is 27.5 Å². The third-order valence-corrected chi connectivity index (χ3v) is 6.14. The molecular formula is C15H13BrClN3O4S. The van der Waals surface area contributed by atoms with Crippen molar-refractivity contribution in [3.05, 3.63) is 61.1 Å². The van der Waals surface area contributed by atoms with Crippen molar-refractivity contribution in [3.63, 3.8) is 0 Å². The second-order valence-corrected chi connectivity index (χ2v) is 8.40. The van der Waals surface area contributed by atoms with Crippen LogP contribution in [0.15, 0.2) is 39.7 Å². The minimum absolute atomic E-state index is 0.267. The molecule has 0 unspecified atom stereocenters. The summed E-state index contributed by atoms with van der Waals surface area (Å²) < 4.78 is 24.8. The maximum absolute atomic E-state index is 11.9. The van der Waals surface area contributed by atoms with Gasteiger partial charge in [0.25, 0.3) is 5.69 Å². The number of nitro groups is 1. The number of hydrogen-bond acceptors (Lipinski definition) is 5. The molecule has 0 aliphatic carbocycles. The van der Waals surface area contributed by atoms with Gasteiger partial charge in [-0.25, -0.2) is 13.6 Å². The third-order valence-electron chi connectivity index (χ3n) is 4.10. The number of rotatable bonds is 3. The fourth-order valence-corrected chi connectivity index (χ4v) is 4.49. The summed E-state index contributed by atoms with van der Waals surface area (Å²) in [6.45, 7) is 0.917. The van der Waals surface area contributed by atoms with E-state index in [4.69, 9.17) is 16.7 Å². The van der Waals surface area contributed by atoms with Gasteiger partial charge >= 0.3 is 0 Å². The number of anilines is 1. The maximum atomic E-state index is 11.9. The molecule has 0 fully saturated rings. The van der Waals surface area contributed by atoms with Crippen molar-refractivity contribution in [2.24, 2.45) is 5.14 Å². The van der Waals surface area contributed by atoms with Crippen LogP contribution in [0.3, 0.4) is 0 Å². The second kappa shape index (κ2) is 6.56. The number of halogens is 2. The smallest absolute Gasteiger partial charge is 0.270 e. The second-order valence-electron chi connectivity index (χ2n) is 5.61. The summed E-state index contributed by atoms with van der Waals surface area (Å²) in [5.74, 6) is 0. The lowest BCUT2D eigenvalue weighted by atomic mass is 9.99. The summed E-state index contributed by atoms with van der Waals surface area (Å²) in [6.07, 6.45) is 0.650. The fraction of sp³-hybridized carbons (Fsp3) is 0.200. The Morgan fingerprint density at radius 2 is 1.96 bits per heavy atom. The molecule has 0 aromatic heterocycles. The molecule has 0 amide bonds. The van der Waals surface area contributed by atoms with Gasteiger partial charge in [-0.05, 0) is 35.7 Å².